The topological polar surface area (TPSA) is 36.7 Å². The summed E-state index contributed by atoms with van der Waals surface area (Å²) in [5.74, 6) is 0.0178. The molecule has 1 aromatic heterocycles. The third kappa shape index (κ3) is 3.29. The van der Waals surface area contributed by atoms with Crippen LogP contribution in [0, 0.1) is 0 Å². The fraction of sp³-hybridized carbons (Fsp3) is 0.312. The van der Waals surface area contributed by atoms with Crippen LogP contribution >= 0.6 is 23.2 Å². The number of carbonyl (C=O) groups excluding carboxylic acids is 1. The van der Waals surface area contributed by atoms with Crippen molar-refractivity contribution in [3.8, 4) is 0 Å². The van der Waals surface area contributed by atoms with E-state index in [4.69, 9.17) is 27.6 Å². The van der Waals surface area contributed by atoms with Crippen LogP contribution in [0.4, 0.5) is 0 Å². The van der Waals surface area contributed by atoms with E-state index in [0.717, 1.165) is 18.7 Å². The zero-order valence-electron chi connectivity index (χ0n) is 12.0. The summed E-state index contributed by atoms with van der Waals surface area (Å²) in [7, 11) is 0. The molecule has 0 unspecified atom stereocenters. The lowest BCUT2D eigenvalue weighted by molar-refractivity contribution is 0.0628. The van der Waals surface area contributed by atoms with Gasteiger partial charge >= 0.3 is 0 Å². The average Bonchev–Trinajstić information content (AvgIpc) is 3.05. The standard InChI is InChI=1S/C16H16Cl2N2O2/c17-14-2-1-3-15(18)13(14)10-19-5-7-20(8-6-19)16(21)12-4-9-22-11-12/h1-4,9,11H,5-8,10H2. The van der Waals surface area contributed by atoms with E-state index in [-0.39, 0.29) is 5.91 Å². The quantitative estimate of drug-likeness (QED) is 0.858. The third-order valence-electron chi connectivity index (χ3n) is 3.87. The van der Waals surface area contributed by atoms with Crippen molar-refractivity contribution >= 4 is 29.1 Å². The molecular formula is C16H16Cl2N2O2. The molecule has 4 nitrogen and oxygen atoms in total. The molecule has 0 atom stereocenters. The van der Waals surface area contributed by atoms with Gasteiger partial charge in [0.15, 0.2) is 0 Å². The first-order valence-electron chi connectivity index (χ1n) is 7.12. The van der Waals surface area contributed by atoms with Gasteiger partial charge in [-0.05, 0) is 18.2 Å². The van der Waals surface area contributed by atoms with Crippen LogP contribution in [-0.4, -0.2) is 41.9 Å². The SMILES string of the molecule is O=C(c1ccoc1)N1CCN(Cc2c(Cl)cccc2Cl)CC1. The van der Waals surface area contributed by atoms with E-state index in [0.29, 0.717) is 35.2 Å². The highest BCUT2D eigenvalue weighted by Gasteiger charge is 2.23. The number of amides is 1. The van der Waals surface area contributed by atoms with Gasteiger partial charge in [0.25, 0.3) is 5.91 Å². The molecule has 116 valence electrons. The molecule has 2 heterocycles. The van der Waals surface area contributed by atoms with Crippen LogP contribution in [0.5, 0.6) is 0 Å². The van der Waals surface area contributed by atoms with Crippen LogP contribution in [0.2, 0.25) is 10.0 Å². The highest BCUT2D eigenvalue weighted by molar-refractivity contribution is 6.35. The van der Waals surface area contributed by atoms with Gasteiger partial charge in [0.1, 0.15) is 6.26 Å². The van der Waals surface area contributed by atoms with E-state index in [1.165, 1.54) is 12.5 Å². The van der Waals surface area contributed by atoms with Gasteiger partial charge in [0.2, 0.25) is 0 Å². The minimum atomic E-state index is 0.0178. The number of furan rings is 1. The predicted molar refractivity (Wildman–Crippen MR) is 86.4 cm³/mol. The molecule has 1 aromatic carbocycles. The van der Waals surface area contributed by atoms with Crippen LogP contribution < -0.4 is 0 Å². The Balaban J connectivity index is 1.59. The Bertz CT molecular complexity index is 630. The minimum absolute atomic E-state index is 0.0178. The van der Waals surface area contributed by atoms with Gasteiger partial charge in [-0.3, -0.25) is 9.69 Å². The minimum Gasteiger partial charge on any atom is -0.472 e. The highest BCUT2D eigenvalue weighted by Crippen LogP contribution is 2.26. The van der Waals surface area contributed by atoms with Crippen molar-refractivity contribution < 1.29 is 9.21 Å². The normalized spacial score (nSPS) is 16.0. The first-order valence-corrected chi connectivity index (χ1v) is 7.87. The van der Waals surface area contributed by atoms with Crippen LogP contribution in [0.15, 0.2) is 41.2 Å². The average molecular weight is 339 g/mol. The lowest BCUT2D eigenvalue weighted by Crippen LogP contribution is -2.48. The Hall–Kier alpha value is -1.49. The van der Waals surface area contributed by atoms with Crippen LogP contribution in [0.25, 0.3) is 0 Å². The summed E-state index contributed by atoms with van der Waals surface area (Å²) in [5, 5.41) is 1.37. The number of benzene rings is 1. The molecule has 1 aliphatic rings. The van der Waals surface area contributed by atoms with E-state index in [1.807, 2.05) is 23.1 Å². The van der Waals surface area contributed by atoms with Gasteiger partial charge in [-0.1, -0.05) is 29.3 Å². The summed E-state index contributed by atoms with van der Waals surface area (Å²) in [4.78, 5) is 16.3. The largest absolute Gasteiger partial charge is 0.472 e. The van der Waals surface area contributed by atoms with E-state index in [1.54, 1.807) is 6.07 Å². The monoisotopic (exact) mass is 338 g/mol. The number of carbonyl (C=O) groups is 1. The molecule has 0 radical (unpaired) electrons. The maximum Gasteiger partial charge on any atom is 0.257 e. The molecule has 0 N–H and O–H groups in total. The lowest BCUT2D eigenvalue weighted by atomic mass is 10.2. The Labute approximate surface area is 139 Å². The van der Waals surface area contributed by atoms with Crippen molar-refractivity contribution in [2.24, 2.45) is 0 Å². The van der Waals surface area contributed by atoms with Crippen LogP contribution in [0.1, 0.15) is 15.9 Å². The maximum absolute atomic E-state index is 12.2. The molecule has 3 rings (SSSR count). The van der Waals surface area contributed by atoms with E-state index in [2.05, 4.69) is 4.90 Å². The lowest BCUT2D eigenvalue weighted by Gasteiger charge is -2.34. The Morgan fingerprint density at radius 3 is 2.36 bits per heavy atom. The predicted octanol–water partition coefficient (Wildman–Crippen LogP) is 3.54. The molecule has 1 fully saturated rings. The Kier molecular flexibility index (Phi) is 4.71. The van der Waals surface area contributed by atoms with Gasteiger partial charge in [0.05, 0.1) is 11.8 Å². The molecule has 1 saturated heterocycles. The summed E-state index contributed by atoms with van der Waals surface area (Å²) in [5.41, 5.74) is 1.54. The fourth-order valence-electron chi connectivity index (χ4n) is 2.58. The second-order valence-electron chi connectivity index (χ2n) is 5.28. The molecule has 0 aliphatic carbocycles. The number of hydrogen-bond acceptors (Lipinski definition) is 3. The molecular weight excluding hydrogens is 323 g/mol. The number of hydrogen-bond donors (Lipinski definition) is 0. The van der Waals surface area contributed by atoms with Crippen molar-refractivity contribution in [3.63, 3.8) is 0 Å². The highest BCUT2D eigenvalue weighted by atomic mass is 35.5. The van der Waals surface area contributed by atoms with Crippen molar-refractivity contribution in [1.82, 2.24) is 9.80 Å². The van der Waals surface area contributed by atoms with Gasteiger partial charge in [0, 0.05) is 48.3 Å². The van der Waals surface area contributed by atoms with Gasteiger partial charge in [-0.25, -0.2) is 0 Å². The zero-order valence-corrected chi connectivity index (χ0v) is 13.5. The van der Waals surface area contributed by atoms with Gasteiger partial charge < -0.3 is 9.32 Å². The van der Waals surface area contributed by atoms with Crippen molar-refractivity contribution in [2.45, 2.75) is 6.54 Å². The second kappa shape index (κ2) is 6.73. The molecule has 22 heavy (non-hydrogen) atoms. The number of piperazine rings is 1. The summed E-state index contributed by atoms with van der Waals surface area (Å²) >= 11 is 12.4. The van der Waals surface area contributed by atoms with E-state index in [9.17, 15) is 4.79 Å². The number of rotatable bonds is 3. The maximum atomic E-state index is 12.2. The first-order chi connectivity index (χ1) is 10.6. The number of nitrogens with zero attached hydrogens (tertiary/aromatic N) is 2. The molecule has 0 saturated carbocycles. The smallest absolute Gasteiger partial charge is 0.257 e. The Morgan fingerprint density at radius 1 is 1.09 bits per heavy atom. The fourth-order valence-corrected chi connectivity index (χ4v) is 3.10. The van der Waals surface area contributed by atoms with Crippen LogP contribution in [0.3, 0.4) is 0 Å². The van der Waals surface area contributed by atoms with Gasteiger partial charge in [-0.15, -0.1) is 0 Å². The molecule has 0 spiro atoms. The summed E-state index contributed by atoms with van der Waals surface area (Å²) in [6.45, 7) is 3.67. The molecule has 2 aromatic rings. The van der Waals surface area contributed by atoms with Crippen molar-refractivity contribution in [1.29, 1.82) is 0 Å². The summed E-state index contributed by atoms with van der Waals surface area (Å²) < 4.78 is 4.97. The van der Waals surface area contributed by atoms with Crippen molar-refractivity contribution in [2.75, 3.05) is 26.2 Å². The molecule has 1 amide bonds. The van der Waals surface area contributed by atoms with Crippen LogP contribution in [-0.2, 0) is 6.54 Å². The third-order valence-corrected chi connectivity index (χ3v) is 4.58. The molecule has 0 bridgehead atoms. The van der Waals surface area contributed by atoms with Crippen molar-refractivity contribution in [3.05, 3.63) is 58.0 Å². The Morgan fingerprint density at radius 2 is 1.77 bits per heavy atom. The molecule has 6 heteroatoms. The second-order valence-corrected chi connectivity index (χ2v) is 6.09. The zero-order chi connectivity index (χ0) is 15.5. The van der Waals surface area contributed by atoms with Gasteiger partial charge in [-0.2, -0.15) is 0 Å². The summed E-state index contributed by atoms with van der Waals surface area (Å²) in [6, 6.07) is 7.23. The van der Waals surface area contributed by atoms with E-state index < -0.39 is 0 Å². The molecule has 1 aliphatic heterocycles. The summed E-state index contributed by atoms with van der Waals surface area (Å²) in [6.07, 6.45) is 3.00. The number of halogens is 2. The van der Waals surface area contributed by atoms with E-state index >= 15 is 0 Å². The first kappa shape index (κ1) is 15.4.